The fraction of sp³-hybridized carbons (Fsp3) is 0.938. The molecule has 132 valence electrons. The van der Waals surface area contributed by atoms with Crippen molar-refractivity contribution in [1.29, 1.82) is 0 Å². The molecule has 2 rings (SSSR count). The number of amides is 1. The Hall–Kier alpha value is -0.0300. The summed E-state index contributed by atoms with van der Waals surface area (Å²) < 4.78 is 0. The summed E-state index contributed by atoms with van der Waals surface area (Å²) in [6, 6.07) is 0. The van der Waals surface area contributed by atoms with Gasteiger partial charge in [-0.25, -0.2) is 0 Å². The minimum absolute atomic E-state index is 0. The second-order valence-corrected chi connectivity index (χ2v) is 7.12. The second-order valence-electron chi connectivity index (χ2n) is 7.12. The SMILES string of the molecule is CC1CCN(CCNC(=O)C2CCCCC2(C)N)CC1.Cl.Cl. The van der Waals surface area contributed by atoms with Gasteiger partial charge >= 0.3 is 0 Å². The zero-order valence-corrected chi connectivity index (χ0v) is 15.6. The van der Waals surface area contributed by atoms with E-state index in [1.54, 1.807) is 0 Å². The number of nitrogens with one attached hydrogen (secondary N) is 1. The molecule has 22 heavy (non-hydrogen) atoms. The van der Waals surface area contributed by atoms with Crippen LogP contribution in [-0.4, -0.2) is 42.5 Å². The predicted octanol–water partition coefficient (Wildman–Crippen LogP) is 2.59. The highest BCUT2D eigenvalue weighted by atomic mass is 35.5. The Labute approximate surface area is 147 Å². The van der Waals surface area contributed by atoms with Crippen LogP contribution in [0.15, 0.2) is 0 Å². The van der Waals surface area contributed by atoms with Crippen LogP contribution < -0.4 is 11.1 Å². The van der Waals surface area contributed by atoms with Crippen molar-refractivity contribution in [1.82, 2.24) is 10.2 Å². The van der Waals surface area contributed by atoms with Gasteiger partial charge in [0, 0.05) is 18.6 Å². The third-order valence-electron chi connectivity index (χ3n) is 5.17. The van der Waals surface area contributed by atoms with E-state index >= 15 is 0 Å². The van der Waals surface area contributed by atoms with Gasteiger partial charge in [0.2, 0.25) is 5.91 Å². The molecule has 2 atom stereocenters. The van der Waals surface area contributed by atoms with Crippen LogP contribution in [0.1, 0.15) is 52.4 Å². The molecule has 1 aliphatic carbocycles. The van der Waals surface area contributed by atoms with E-state index in [4.69, 9.17) is 5.73 Å². The Morgan fingerprint density at radius 3 is 2.45 bits per heavy atom. The van der Waals surface area contributed by atoms with E-state index < -0.39 is 0 Å². The van der Waals surface area contributed by atoms with Gasteiger partial charge in [-0.3, -0.25) is 4.79 Å². The van der Waals surface area contributed by atoms with Crippen molar-refractivity contribution in [2.24, 2.45) is 17.6 Å². The minimum atomic E-state index is -0.317. The fourth-order valence-electron chi connectivity index (χ4n) is 3.53. The summed E-state index contributed by atoms with van der Waals surface area (Å²) in [5.41, 5.74) is 5.96. The van der Waals surface area contributed by atoms with Crippen LogP contribution in [0, 0.1) is 11.8 Å². The number of nitrogens with two attached hydrogens (primary N) is 1. The molecule has 0 aromatic rings. The van der Waals surface area contributed by atoms with Crippen molar-refractivity contribution in [2.75, 3.05) is 26.2 Å². The Morgan fingerprint density at radius 1 is 1.23 bits per heavy atom. The highest BCUT2D eigenvalue weighted by molar-refractivity contribution is 5.85. The molecule has 2 fully saturated rings. The van der Waals surface area contributed by atoms with Crippen LogP contribution in [0.3, 0.4) is 0 Å². The van der Waals surface area contributed by atoms with Crippen molar-refractivity contribution in [3.05, 3.63) is 0 Å². The van der Waals surface area contributed by atoms with E-state index in [1.807, 2.05) is 6.92 Å². The minimum Gasteiger partial charge on any atom is -0.355 e. The molecule has 1 aliphatic heterocycles. The molecule has 6 heteroatoms. The topological polar surface area (TPSA) is 58.4 Å². The number of likely N-dealkylation sites (tertiary alicyclic amines) is 1. The summed E-state index contributed by atoms with van der Waals surface area (Å²) >= 11 is 0. The third-order valence-corrected chi connectivity index (χ3v) is 5.17. The van der Waals surface area contributed by atoms with Gasteiger partial charge in [0.1, 0.15) is 0 Å². The van der Waals surface area contributed by atoms with Crippen molar-refractivity contribution in [2.45, 2.75) is 57.9 Å². The lowest BCUT2D eigenvalue weighted by molar-refractivity contribution is -0.128. The van der Waals surface area contributed by atoms with Gasteiger partial charge < -0.3 is 16.0 Å². The highest BCUT2D eigenvalue weighted by Crippen LogP contribution is 2.31. The van der Waals surface area contributed by atoms with Crippen molar-refractivity contribution >= 4 is 30.7 Å². The summed E-state index contributed by atoms with van der Waals surface area (Å²) in [5.74, 6) is 1.03. The van der Waals surface area contributed by atoms with E-state index in [9.17, 15) is 4.79 Å². The van der Waals surface area contributed by atoms with Gasteiger partial charge in [-0.1, -0.05) is 19.8 Å². The lowest BCUT2D eigenvalue weighted by Crippen LogP contribution is -2.53. The van der Waals surface area contributed by atoms with E-state index in [0.717, 1.165) is 44.7 Å². The molecule has 0 bridgehead atoms. The first kappa shape index (κ1) is 22.0. The first-order valence-electron chi connectivity index (χ1n) is 8.28. The first-order valence-corrected chi connectivity index (χ1v) is 8.28. The third kappa shape index (κ3) is 6.23. The molecule has 1 amide bonds. The summed E-state index contributed by atoms with van der Waals surface area (Å²) in [6.07, 6.45) is 6.78. The summed E-state index contributed by atoms with van der Waals surface area (Å²) in [6.45, 7) is 8.45. The number of rotatable bonds is 4. The molecule has 4 nitrogen and oxygen atoms in total. The number of carbonyl (C=O) groups excluding carboxylic acids is 1. The van der Waals surface area contributed by atoms with Crippen molar-refractivity contribution in [3.63, 3.8) is 0 Å². The molecule has 1 heterocycles. The molecule has 1 saturated heterocycles. The van der Waals surface area contributed by atoms with E-state index in [1.165, 1.54) is 25.9 Å². The number of piperidine rings is 1. The van der Waals surface area contributed by atoms with Crippen LogP contribution in [0.5, 0.6) is 0 Å². The maximum atomic E-state index is 12.3. The number of halogens is 2. The van der Waals surface area contributed by atoms with Crippen LogP contribution in [-0.2, 0) is 4.79 Å². The van der Waals surface area contributed by atoms with Gasteiger partial charge in [0.05, 0.1) is 5.92 Å². The standard InChI is InChI=1S/C16H31N3O.2ClH/c1-13-6-10-19(11-7-13)12-9-18-15(20)14-5-3-4-8-16(14,2)17;;/h13-14H,3-12,17H2,1-2H3,(H,18,20);2*1H. The maximum Gasteiger partial charge on any atom is 0.225 e. The Morgan fingerprint density at radius 2 is 1.86 bits per heavy atom. The number of nitrogens with zero attached hydrogens (tertiary/aromatic N) is 1. The highest BCUT2D eigenvalue weighted by Gasteiger charge is 2.37. The molecule has 0 spiro atoms. The van der Waals surface area contributed by atoms with Crippen molar-refractivity contribution in [3.8, 4) is 0 Å². The van der Waals surface area contributed by atoms with Crippen LogP contribution in [0.25, 0.3) is 0 Å². The lowest BCUT2D eigenvalue weighted by atomic mass is 9.74. The van der Waals surface area contributed by atoms with Crippen molar-refractivity contribution < 1.29 is 4.79 Å². The molecular weight excluding hydrogens is 321 g/mol. The smallest absolute Gasteiger partial charge is 0.225 e. The van der Waals surface area contributed by atoms with E-state index in [0.29, 0.717) is 0 Å². The van der Waals surface area contributed by atoms with Gasteiger partial charge in [0.25, 0.3) is 0 Å². The first-order chi connectivity index (χ1) is 9.49. The fourth-order valence-corrected chi connectivity index (χ4v) is 3.53. The molecule has 2 unspecified atom stereocenters. The maximum absolute atomic E-state index is 12.3. The van der Waals surface area contributed by atoms with Gasteiger partial charge in [-0.2, -0.15) is 0 Å². The molecule has 0 aromatic heterocycles. The van der Waals surface area contributed by atoms with Gasteiger partial charge in [-0.05, 0) is 51.6 Å². The average molecular weight is 354 g/mol. The summed E-state index contributed by atoms with van der Waals surface area (Å²) in [4.78, 5) is 14.8. The van der Waals surface area contributed by atoms with Crippen LogP contribution >= 0.6 is 24.8 Å². The zero-order chi connectivity index (χ0) is 14.6. The van der Waals surface area contributed by atoms with E-state index in [-0.39, 0.29) is 42.2 Å². The van der Waals surface area contributed by atoms with Crippen LogP contribution in [0.2, 0.25) is 0 Å². The molecule has 0 aromatic carbocycles. The molecule has 0 radical (unpaired) electrons. The number of hydrogen-bond donors (Lipinski definition) is 2. The molecular formula is C16H33Cl2N3O. The monoisotopic (exact) mass is 353 g/mol. The number of carbonyl (C=O) groups is 1. The molecule has 1 saturated carbocycles. The summed E-state index contributed by atoms with van der Waals surface area (Å²) in [5, 5.41) is 3.11. The van der Waals surface area contributed by atoms with Gasteiger partial charge in [0.15, 0.2) is 0 Å². The molecule has 3 N–H and O–H groups in total. The number of hydrogen-bond acceptors (Lipinski definition) is 3. The van der Waals surface area contributed by atoms with Crippen LogP contribution in [0.4, 0.5) is 0 Å². The molecule has 2 aliphatic rings. The predicted molar refractivity (Wildman–Crippen MR) is 96.9 cm³/mol. The Balaban J connectivity index is 0.00000220. The quantitative estimate of drug-likeness (QED) is 0.816. The zero-order valence-electron chi connectivity index (χ0n) is 14.0. The van der Waals surface area contributed by atoms with E-state index in [2.05, 4.69) is 17.1 Å². The Bertz CT molecular complexity index is 331. The normalized spacial score (nSPS) is 30.0. The second kappa shape index (κ2) is 9.96. The van der Waals surface area contributed by atoms with Gasteiger partial charge in [-0.15, -0.1) is 24.8 Å². The lowest BCUT2D eigenvalue weighted by Gasteiger charge is -2.37. The Kier molecular flexibility index (Phi) is 9.95. The average Bonchev–Trinajstić information content (AvgIpc) is 2.40. The summed E-state index contributed by atoms with van der Waals surface area (Å²) in [7, 11) is 0. The largest absolute Gasteiger partial charge is 0.355 e.